The smallest absolute Gasteiger partial charge is 0.0714 e. The summed E-state index contributed by atoms with van der Waals surface area (Å²) in [4.78, 5) is 3.82. The van der Waals surface area contributed by atoms with Crippen LogP contribution in [-0.4, -0.2) is 4.98 Å². The van der Waals surface area contributed by atoms with E-state index in [-0.39, 0.29) is 5.41 Å². The van der Waals surface area contributed by atoms with Crippen molar-refractivity contribution >= 4 is 32.6 Å². The quantitative estimate of drug-likeness (QED) is 0.267. The number of rotatable bonds is 2. The van der Waals surface area contributed by atoms with Crippen LogP contribution < -0.4 is 0 Å². The Bertz CT molecular complexity index is 1890. The molecule has 1 heterocycles. The minimum absolute atomic E-state index is 0.373. The molecule has 0 radical (unpaired) electrons. The largest absolute Gasteiger partial charge is 0.354 e. The number of nitrogens with one attached hydrogen (secondary N) is 1. The molecule has 0 saturated heterocycles. The van der Waals surface area contributed by atoms with Crippen molar-refractivity contribution in [3.05, 3.63) is 156 Å². The Morgan fingerprint density at radius 1 is 0.444 bits per heavy atom. The lowest BCUT2D eigenvalue weighted by molar-refractivity contribution is 0.769. The van der Waals surface area contributed by atoms with Gasteiger partial charge in [0.15, 0.2) is 0 Å². The summed E-state index contributed by atoms with van der Waals surface area (Å²) in [5.74, 6) is 0. The summed E-state index contributed by atoms with van der Waals surface area (Å²) in [6.07, 6.45) is 0. The van der Waals surface area contributed by atoms with Gasteiger partial charge >= 0.3 is 0 Å². The number of benzene rings is 6. The second-order valence-corrected chi connectivity index (χ2v) is 9.81. The van der Waals surface area contributed by atoms with E-state index >= 15 is 0 Å². The number of H-pyrrole nitrogens is 1. The molecule has 0 amide bonds. The highest BCUT2D eigenvalue weighted by Gasteiger charge is 2.46. The molecule has 1 N–H and O–H groups in total. The maximum atomic E-state index is 3.82. The lowest BCUT2D eigenvalue weighted by atomic mass is 9.67. The Hall–Kier alpha value is -4.62. The van der Waals surface area contributed by atoms with Gasteiger partial charge in [-0.25, -0.2) is 0 Å². The molecule has 168 valence electrons. The van der Waals surface area contributed by atoms with Crippen LogP contribution in [0.5, 0.6) is 0 Å². The summed E-state index contributed by atoms with van der Waals surface area (Å²) >= 11 is 0. The van der Waals surface area contributed by atoms with E-state index in [9.17, 15) is 0 Å². The third-order valence-electron chi connectivity index (χ3n) is 8.08. The predicted molar refractivity (Wildman–Crippen MR) is 151 cm³/mol. The third kappa shape index (κ3) is 2.44. The topological polar surface area (TPSA) is 15.8 Å². The van der Waals surface area contributed by atoms with Gasteiger partial charge in [-0.3, -0.25) is 0 Å². The minimum Gasteiger partial charge on any atom is -0.354 e. The molecule has 8 rings (SSSR count). The molecule has 0 fully saturated rings. The number of hydrogen-bond donors (Lipinski definition) is 1. The standard InChI is InChI=1S/C35H23N/c1-3-12-24(13-4-1)35(25-14-5-2-6-15-25)31-18-10-9-17-27(31)29-21-30-28-20-19-23-11-7-8-16-26(23)34(28)36-33(30)22-32(29)35/h1-22,36H. The van der Waals surface area contributed by atoms with Crippen molar-refractivity contribution in [1.29, 1.82) is 0 Å². The lowest BCUT2D eigenvalue weighted by Crippen LogP contribution is -2.28. The maximum Gasteiger partial charge on any atom is 0.0714 e. The molecule has 1 aromatic heterocycles. The van der Waals surface area contributed by atoms with Gasteiger partial charge in [-0.2, -0.15) is 0 Å². The molecule has 1 aliphatic rings. The molecule has 1 aliphatic carbocycles. The summed E-state index contributed by atoms with van der Waals surface area (Å²) in [6.45, 7) is 0. The van der Waals surface area contributed by atoms with Crippen molar-refractivity contribution in [2.24, 2.45) is 0 Å². The summed E-state index contributed by atoms with van der Waals surface area (Å²) in [5.41, 5.74) is 9.93. The van der Waals surface area contributed by atoms with Gasteiger partial charge in [0.1, 0.15) is 0 Å². The van der Waals surface area contributed by atoms with Crippen LogP contribution in [0, 0.1) is 0 Å². The summed E-state index contributed by atoms with van der Waals surface area (Å²) in [5, 5.41) is 5.09. The molecule has 7 aromatic rings. The normalized spacial score (nSPS) is 13.8. The average Bonchev–Trinajstić information content (AvgIpc) is 3.46. The molecule has 0 unspecified atom stereocenters. The lowest BCUT2D eigenvalue weighted by Gasteiger charge is -2.33. The van der Waals surface area contributed by atoms with Crippen LogP contribution in [0.2, 0.25) is 0 Å². The predicted octanol–water partition coefficient (Wildman–Crippen LogP) is 8.84. The first-order valence-corrected chi connectivity index (χ1v) is 12.5. The van der Waals surface area contributed by atoms with E-state index in [1.54, 1.807) is 0 Å². The number of aromatic nitrogens is 1. The van der Waals surface area contributed by atoms with Crippen LogP contribution in [0.4, 0.5) is 0 Å². The minimum atomic E-state index is -0.373. The molecular weight excluding hydrogens is 434 g/mol. The van der Waals surface area contributed by atoms with Crippen LogP contribution in [0.15, 0.2) is 133 Å². The van der Waals surface area contributed by atoms with Crippen molar-refractivity contribution in [3.8, 4) is 11.1 Å². The summed E-state index contributed by atoms with van der Waals surface area (Å²) < 4.78 is 0. The SMILES string of the molecule is c1ccc(C2(c3ccccc3)c3ccccc3-c3cc4c(cc32)[nH]c2c3ccccc3ccc42)cc1. The summed E-state index contributed by atoms with van der Waals surface area (Å²) in [6, 6.07) is 48.9. The second kappa shape index (κ2) is 7.19. The highest BCUT2D eigenvalue weighted by atomic mass is 14.7. The molecule has 0 spiro atoms. The van der Waals surface area contributed by atoms with Gasteiger partial charge in [0, 0.05) is 21.7 Å². The van der Waals surface area contributed by atoms with E-state index in [1.165, 1.54) is 66.0 Å². The van der Waals surface area contributed by atoms with Crippen molar-refractivity contribution < 1.29 is 0 Å². The van der Waals surface area contributed by atoms with Crippen molar-refractivity contribution in [2.75, 3.05) is 0 Å². The average molecular weight is 458 g/mol. The van der Waals surface area contributed by atoms with Crippen LogP contribution >= 0.6 is 0 Å². The molecule has 0 saturated carbocycles. The molecule has 0 aliphatic heterocycles. The zero-order valence-corrected chi connectivity index (χ0v) is 19.7. The van der Waals surface area contributed by atoms with Gasteiger partial charge in [0.25, 0.3) is 0 Å². The number of fused-ring (bicyclic) bond motifs is 8. The van der Waals surface area contributed by atoms with Crippen molar-refractivity contribution in [3.63, 3.8) is 0 Å². The van der Waals surface area contributed by atoms with Crippen LogP contribution in [0.3, 0.4) is 0 Å². The Kier molecular flexibility index (Phi) is 3.93. The fourth-order valence-electron chi connectivity index (χ4n) is 6.58. The van der Waals surface area contributed by atoms with E-state index in [2.05, 4.69) is 138 Å². The van der Waals surface area contributed by atoms with Gasteiger partial charge < -0.3 is 4.98 Å². The van der Waals surface area contributed by atoms with Gasteiger partial charge in [0.2, 0.25) is 0 Å². The van der Waals surface area contributed by atoms with E-state index in [0.29, 0.717) is 0 Å². The molecule has 0 atom stereocenters. The molecule has 1 nitrogen and oxygen atoms in total. The molecule has 36 heavy (non-hydrogen) atoms. The monoisotopic (exact) mass is 457 g/mol. The van der Waals surface area contributed by atoms with E-state index in [4.69, 9.17) is 0 Å². The number of hydrogen-bond acceptors (Lipinski definition) is 0. The van der Waals surface area contributed by atoms with E-state index < -0.39 is 0 Å². The van der Waals surface area contributed by atoms with Gasteiger partial charge in [0.05, 0.1) is 10.9 Å². The second-order valence-electron chi connectivity index (χ2n) is 9.81. The van der Waals surface area contributed by atoms with Crippen LogP contribution in [0.1, 0.15) is 22.3 Å². The Labute approximate surface area is 209 Å². The first-order valence-electron chi connectivity index (χ1n) is 12.5. The Balaban J connectivity index is 1.55. The van der Waals surface area contributed by atoms with E-state index in [0.717, 1.165) is 0 Å². The molecule has 0 bridgehead atoms. The van der Waals surface area contributed by atoms with Crippen LogP contribution in [-0.2, 0) is 5.41 Å². The zero-order valence-electron chi connectivity index (χ0n) is 19.7. The Morgan fingerprint density at radius 2 is 1.11 bits per heavy atom. The molecular formula is C35H23N. The van der Waals surface area contributed by atoms with E-state index in [1.807, 2.05) is 0 Å². The Morgan fingerprint density at radius 3 is 1.89 bits per heavy atom. The van der Waals surface area contributed by atoms with Gasteiger partial charge in [-0.05, 0) is 50.9 Å². The van der Waals surface area contributed by atoms with Crippen molar-refractivity contribution in [2.45, 2.75) is 5.41 Å². The van der Waals surface area contributed by atoms with Gasteiger partial charge in [-0.15, -0.1) is 0 Å². The zero-order chi connectivity index (χ0) is 23.7. The molecule has 1 heteroatoms. The van der Waals surface area contributed by atoms with Crippen LogP contribution in [0.25, 0.3) is 43.7 Å². The van der Waals surface area contributed by atoms with Crippen molar-refractivity contribution in [1.82, 2.24) is 4.98 Å². The third-order valence-corrected chi connectivity index (χ3v) is 8.08. The van der Waals surface area contributed by atoms with Gasteiger partial charge in [-0.1, -0.05) is 121 Å². The highest BCUT2D eigenvalue weighted by Crippen LogP contribution is 2.57. The summed E-state index contributed by atoms with van der Waals surface area (Å²) in [7, 11) is 0. The first-order chi connectivity index (χ1) is 17.9. The highest BCUT2D eigenvalue weighted by molar-refractivity contribution is 6.18. The molecule has 6 aromatic carbocycles. The maximum absolute atomic E-state index is 3.82. The first kappa shape index (κ1) is 19.7. The number of aromatic amines is 1. The fraction of sp³-hybridized carbons (Fsp3) is 0.0286. The fourth-order valence-corrected chi connectivity index (χ4v) is 6.58.